The van der Waals surface area contributed by atoms with Crippen LogP contribution >= 0.6 is 15.9 Å². The average molecular weight is 396 g/mol. The lowest BCUT2D eigenvalue weighted by Crippen LogP contribution is -2.51. The van der Waals surface area contributed by atoms with Crippen LogP contribution in [0.1, 0.15) is 5.56 Å². The quantitative estimate of drug-likeness (QED) is 0.728. The zero-order valence-corrected chi connectivity index (χ0v) is 14.5. The Kier molecular flexibility index (Phi) is 4.13. The first-order valence-corrected chi connectivity index (χ1v) is 9.09. The number of benzene rings is 2. The summed E-state index contributed by atoms with van der Waals surface area (Å²) in [6.07, 6.45) is -1.07. The molecule has 8 heteroatoms. The molecule has 0 spiro atoms. The fourth-order valence-electron chi connectivity index (χ4n) is 2.28. The van der Waals surface area contributed by atoms with Crippen molar-refractivity contribution in [2.45, 2.75) is 18.0 Å². The van der Waals surface area contributed by atoms with Gasteiger partial charge in [-0.25, -0.2) is 8.42 Å². The molecule has 1 atom stereocenters. The van der Waals surface area contributed by atoms with Gasteiger partial charge in [-0.2, -0.15) is 4.72 Å². The molecule has 2 aromatic rings. The molecule has 1 heterocycles. The van der Waals surface area contributed by atoms with E-state index in [1.54, 1.807) is 30.3 Å². The first-order chi connectivity index (χ1) is 10.9. The maximum Gasteiger partial charge on any atom is 0.262 e. The molecule has 0 saturated heterocycles. The number of sulfonamides is 1. The minimum absolute atomic E-state index is 0.128. The maximum atomic E-state index is 12.3. The van der Waals surface area contributed by atoms with Crippen molar-refractivity contribution in [1.29, 1.82) is 0 Å². The second kappa shape index (κ2) is 5.95. The fourth-order valence-corrected chi connectivity index (χ4v) is 3.80. The van der Waals surface area contributed by atoms with Crippen LogP contribution in [0.4, 0.5) is 11.4 Å². The molecule has 0 radical (unpaired) electrons. The molecule has 6 nitrogen and oxygen atoms in total. The summed E-state index contributed by atoms with van der Waals surface area (Å²) in [4.78, 5) is 12.5. The monoisotopic (exact) mass is 395 g/mol. The van der Waals surface area contributed by atoms with E-state index in [0.717, 1.165) is 10.0 Å². The number of aryl methyl sites for hydroxylation is 1. The van der Waals surface area contributed by atoms with Crippen LogP contribution < -0.4 is 15.4 Å². The lowest BCUT2D eigenvalue weighted by molar-refractivity contribution is -0.117. The van der Waals surface area contributed by atoms with Crippen molar-refractivity contribution in [1.82, 2.24) is 4.72 Å². The Bertz CT molecular complexity index is 883. The summed E-state index contributed by atoms with van der Waals surface area (Å²) in [7, 11) is -3.72. The molecule has 1 aliphatic rings. The Morgan fingerprint density at radius 3 is 2.70 bits per heavy atom. The summed E-state index contributed by atoms with van der Waals surface area (Å²) >= 11 is 3.39. The zero-order valence-electron chi connectivity index (χ0n) is 12.1. The number of carbonyl (C=O) groups is 1. The summed E-state index contributed by atoms with van der Waals surface area (Å²) in [6, 6.07) is 11.8. The van der Waals surface area contributed by atoms with E-state index in [1.807, 2.05) is 13.0 Å². The number of nitrogens with one attached hydrogen (secondary N) is 3. The van der Waals surface area contributed by atoms with E-state index in [9.17, 15) is 13.2 Å². The first kappa shape index (κ1) is 16.0. The fraction of sp³-hybridized carbons (Fsp3) is 0.133. The molecule has 0 aromatic heterocycles. The normalized spacial score (nSPS) is 18.6. The number of para-hydroxylation sites is 1. The van der Waals surface area contributed by atoms with E-state index in [1.165, 1.54) is 6.07 Å². The molecule has 3 rings (SSSR count). The predicted octanol–water partition coefficient (Wildman–Crippen LogP) is 2.43. The number of rotatable bonds is 2. The summed E-state index contributed by atoms with van der Waals surface area (Å²) in [5.41, 5.74) is 1.96. The third kappa shape index (κ3) is 3.24. The van der Waals surface area contributed by atoms with E-state index in [4.69, 9.17) is 0 Å². The van der Waals surface area contributed by atoms with E-state index in [2.05, 4.69) is 31.3 Å². The highest BCUT2D eigenvalue weighted by Crippen LogP contribution is 2.26. The van der Waals surface area contributed by atoms with E-state index < -0.39 is 22.1 Å². The smallest absolute Gasteiger partial charge is 0.262 e. The summed E-state index contributed by atoms with van der Waals surface area (Å²) in [5, 5.41) is 5.59. The van der Waals surface area contributed by atoms with E-state index in [0.29, 0.717) is 11.4 Å². The molecular weight excluding hydrogens is 382 g/mol. The third-order valence-electron chi connectivity index (χ3n) is 3.44. The molecular formula is C15H14BrN3O3S. The summed E-state index contributed by atoms with van der Waals surface area (Å²) < 4.78 is 27.7. The maximum absolute atomic E-state index is 12.3. The van der Waals surface area contributed by atoms with Crippen LogP contribution in [0.15, 0.2) is 51.8 Å². The van der Waals surface area contributed by atoms with Gasteiger partial charge in [0.15, 0.2) is 6.17 Å². The lowest BCUT2D eigenvalue weighted by Gasteiger charge is -2.27. The number of amides is 1. The van der Waals surface area contributed by atoms with Crippen LogP contribution in [0, 0.1) is 6.92 Å². The van der Waals surface area contributed by atoms with Crippen LogP contribution in [-0.4, -0.2) is 20.5 Å². The highest BCUT2D eigenvalue weighted by Gasteiger charge is 2.32. The van der Waals surface area contributed by atoms with Crippen LogP contribution in [0.3, 0.4) is 0 Å². The van der Waals surface area contributed by atoms with Gasteiger partial charge in [0.05, 0.1) is 5.69 Å². The molecule has 23 heavy (non-hydrogen) atoms. The predicted molar refractivity (Wildman–Crippen MR) is 91.7 cm³/mol. The van der Waals surface area contributed by atoms with Crippen LogP contribution in [0.5, 0.6) is 0 Å². The molecule has 3 N–H and O–H groups in total. The van der Waals surface area contributed by atoms with Gasteiger partial charge in [0, 0.05) is 10.2 Å². The van der Waals surface area contributed by atoms with Crippen LogP contribution in [0.2, 0.25) is 0 Å². The second-order valence-corrected chi connectivity index (χ2v) is 7.68. The van der Waals surface area contributed by atoms with Crippen molar-refractivity contribution in [2.24, 2.45) is 0 Å². The van der Waals surface area contributed by atoms with Crippen molar-refractivity contribution in [3.05, 3.63) is 52.5 Å². The van der Waals surface area contributed by atoms with Crippen molar-refractivity contribution in [3.63, 3.8) is 0 Å². The molecule has 0 unspecified atom stereocenters. The van der Waals surface area contributed by atoms with Gasteiger partial charge in [-0.15, -0.1) is 0 Å². The van der Waals surface area contributed by atoms with Gasteiger partial charge in [0.1, 0.15) is 4.90 Å². The van der Waals surface area contributed by atoms with Gasteiger partial charge in [-0.1, -0.05) is 28.1 Å². The lowest BCUT2D eigenvalue weighted by atomic mass is 10.2. The Morgan fingerprint density at radius 2 is 1.96 bits per heavy atom. The number of hydrogen-bond donors (Lipinski definition) is 3. The summed E-state index contributed by atoms with van der Waals surface area (Å²) in [5.74, 6) is -0.482. The molecule has 120 valence electrons. The zero-order chi connectivity index (χ0) is 16.6. The van der Waals surface area contributed by atoms with Crippen molar-refractivity contribution < 1.29 is 13.2 Å². The molecule has 2 aromatic carbocycles. The highest BCUT2D eigenvalue weighted by molar-refractivity contribution is 9.10. The molecule has 0 bridgehead atoms. The molecule has 0 aliphatic carbocycles. The number of hydrogen-bond acceptors (Lipinski definition) is 4. The van der Waals surface area contributed by atoms with Gasteiger partial charge >= 0.3 is 0 Å². The van der Waals surface area contributed by atoms with E-state index in [-0.39, 0.29) is 4.90 Å². The standard InChI is InChI=1S/C15H14BrN3O3S/c1-9-8-10(6-7-11(9)16)17-15(20)14-18-12-4-2-3-5-13(12)23(21,22)19-14/h2-8,14,18-19H,1H3,(H,17,20)/t14-/m0/s1. The number of anilines is 2. The topological polar surface area (TPSA) is 87.3 Å². The number of fused-ring (bicyclic) bond motifs is 1. The van der Waals surface area contributed by atoms with Crippen LogP contribution in [0.25, 0.3) is 0 Å². The third-order valence-corrected chi connectivity index (χ3v) is 5.81. The Balaban J connectivity index is 1.83. The Morgan fingerprint density at radius 1 is 1.22 bits per heavy atom. The number of carbonyl (C=O) groups excluding carboxylic acids is 1. The number of halogens is 1. The second-order valence-electron chi connectivity index (χ2n) is 5.15. The molecule has 1 amide bonds. The van der Waals surface area contributed by atoms with E-state index >= 15 is 0 Å². The van der Waals surface area contributed by atoms with Crippen molar-refractivity contribution in [3.8, 4) is 0 Å². The van der Waals surface area contributed by atoms with Gasteiger partial charge in [-0.05, 0) is 42.8 Å². The van der Waals surface area contributed by atoms with Crippen molar-refractivity contribution >= 4 is 43.2 Å². The molecule has 1 aliphatic heterocycles. The first-order valence-electron chi connectivity index (χ1n) is 6.82. The Labute approximate surface area is 142 Å². The highest BCUT2D eigenvalue weighted by atomic mass is 79.9. The molecule has 0 fully saturated rings. The van der Waals surface area contributed by atoms with Gasteiger partial charge in [0.25, 0.3) is 5.91 Å². The van der Waals surface area contributed by atoms with Gasteiger partial charge in [-0.3, -0.25) is 4.79 Å². The Hall–Kier alpha value is -1.90. The molecule has 0 saturated carbocycles. The van der Waals surface area contributed by atoms with Gasteiger partial charge in [0.2, 0.25) is 10.0 Å². The van der Waals surface area contributed by atoms with Crippen LogP contribution in [-0.2, 0) is 14.8 Å². The minimum Gasteiger partial charge on any atom is -0.360 e. The average Bonchev–Trinajstić information content (AvgIpc) is 2.50. The van der Waals surface area contributed by atoms with Gasteiger partial charge < -0.3 is 10.6 Å². The summed E-state index contributed by atoms with van der Waals surface area (Å²) in [6.45, 7) is 1.90. The SMILES string of the molecule is Cc1cc(NC(=O)[C@H]2Nc3ccccc3S(=O)(=O)N2)ccc1Br. The van der Waals surface area contributed by atoms with Crippen molar-refractivity contribution in [2.75, 3.05) is 10.6 Å². The largest absolute Gasteiger partial charge is 0.360 e. The minimum atomic E-state index is -3.72.